The molecule has 0 unspecified atom stereocenters. The van der Waals surface area contributed by atoms with E-state index in [2.05, 4.69) is 0 Å². The van der Waals surface area contributed by atoms with Crippen molar-refractivity contribution in [3.8, 4) is 0 Å². The third-order valence-corrected chi connectivity index (χ3v) is 4.58. The number of halogens is 2. The van der Waals surface area contributed by atoms with Gasteiger partial charge in [-0.3, -0.25) is 4.79 Å². The number of aliphatic hydroxyl groups excluding tert-OH is 1. The minimum Gasteiger partial charge on any atom is -0.395 e. The fourth-order valence-corrected chi connectivity index (χ4v) is 3.02. The van der Waals surface area contributed by atoms with Gasteiger partial charge in [0.15, 0.2) is 0 Å². The van der Waals surface area contributed by atoms with E-state index in [-0.39, 0.29) is 19.1 Å². The van der Waals surface area contributed by atoms with Crippen molar-refractivity contribution in [3.63, 3.8) is 0 Å². The van der Waals surface area contributed by atoms with E-state index in [9.17, 15) is 9.90 Å². The molecule has 6 heteroatoms. The van der Waals surface area contributed by atoms with Gasteiger partial charge in [0, 0.05) is 13.1 Å². The van der Waals surface area contributed by atoms with Gasteiger partial charge in [0.05, 0.1) is 16.7 Å². The van der Waals surface area contributed by atoms with Gasteiger partial charge in [-0.25, -0.2) is 0 Å². The van der Waals surface area contributed by atoms with Crippen molar-refractivity contribution < 1.29 is 15.0 Å². The van der Waals surface area contributed by atoms with Crippen LogP contribution in [-0.4, -0.2) is 39.8 Å². The van der Waals surface area contributed by atoms with Crippen molar-refractivity contribution in [2.45, 2.75) is 37.8 Å². The van der Waals surface area contributed by atoms with Crippen molar-refractivity contribution in [1.29, 1.82) is 0 Å². The van der Waals surface area contributed by atoms with Gasteiger partial charge < -0.3 is 15.1 Å². The van der Waals surface area contributed by atoms with Crippen LogP contribution in [-0.2, 0) is 11.3 Å². The quantitative estimate of drug-likeness (QED) is 0.871. The number of rotatable bonds is 5. The Hall–Kier alpha value is -0.810. The van der Waals surface area contributed by atoms with Crippen LogP contribution in [0.25, 0.3) is 0 Å². The molecular weight excluding hydrogens is 313 g/mol. The molecule has 1 saturated carbocycles. The number of hydrogen-bond donors (Lipinski definition) is 2. The van der Waals surface area contributed by atoms with Crippen molar-refractivity contribution in [1.82, 2.24) is 4.90 Å². The molecule has 1 aromatic rings. The Morgan fingerprint density at radius 2 is 1.90 bits per heavy atom. The first-order valence-electron chi connectivity index (χ1n) is 7.03. The zero-order valence-corrected chi connectivity index (χ0v) is 13.2. The minimum absolute atomic E-state index is 0.150. The summed E-state index contributed by atoms with van der Waals surface area (Å²) >= 11 is 11.8. The Morgan fingerprint density at radius 3 is 2.48 bits per heavy atom. The number of aliphatic hydroxyl groups is 2. The largest absolute Gasteiger partial charge is 0.395 e. The van der Waals surface area contributed by atoms with E-state index in [0.717, 1.165) is 18.4 Å². The molecule has 0 atom stereocenters. The molecule has 2 N–H and O–H groups in total. The van der Waals surface area contributed by atoms with E-state index in [1.165, 1.54) is 4.90 Å². The molecule has 21 heavy (non-hydrogen) atoms. The first-order chi connectivity index (χ1) is 9.96. The summed E-state index contributed by atoms with van der Waals surface area (Å²) in [7, 11) is 0. The Bertz CT molecular complexity index is 516. The van der Waals surface area contributed by atoms with Crippen LogP contribution in [0.4, 0.5) is 0 Å². The van der Waals surface area contributed by atoms with Crippen LogP contribution in [0, 0.1) is 0 Å². The normalized spacial score (nSPS) is 17.0. The standard InChI is InChI=1S/C15H19Cl2NO3/c16-12-4-3-11(9-13(12)17)10-18(7-8-19)14(20)15(21)5-1-2-6-15/h3-4,9,19,21H,1-2,5-8,10H2. The van der Waals surface area contributed by atoms with Crippen molar-refractivity contribution in [3.05, 3.63) is 33.8 Å². The molecule has 116 valence electrons. The fraction of sp³-hybridized carbons (Fsp3) is 0.533. The molecule has 2 rings (SSSR count). The maximum absolute atomic E-state index is 12.5. The van der Waals surface area contributed by atoms with Crippen LogP contribution < -0.4 is 0 Å². The maximum Gasteiger partial charge on any atom is 0.254 e. The molecule has 0 spiro atoms. The summed E-state index contributed by atoms with van der Waals surface area (Å²) in [5.74, 6) is -0.319. The summed E-state index contributed by atoms with van der Waals surface area (Å²) in [5.41, 5.74) is -0.474. The molecule has 0 heterocycles. The highest BCUT2D eigenvalue weighted by Crippen LogP contribution is 2.32. The highest BCUT2D eigenvalue weighted by Gasteiger charge is 2.41. The van der Waals surface area contributed by atoms with Crippen molar-refractivity contribution >= 4 is 29.1 Å². The highest BCUT2D eigenvalue weighted by atomic mass is 35.5. The van der Waals surface area contributed by atoms with E-state index in [0.29, 0.717) is 29.4 Å². The smallest absolute Gasteiger partial charge is 0.254 e. The number of hydrogen-bond acceptors (Lipinski definition) is 3. The third kappa shape index (κ3) is 3.89. The van der Waals surface area contributed by atoms with Crippen molar-refractivity contribution in [2.75, 3.05) is 13.2 Å². The number of benzene rings is 1. The van der Waals surface area contributed by atoms with Gasteiger partial charge in [0.25, 0.3) is 5.91 Å². The summed E-state index contributed by atoms with van der Waals surface area (Å²) < 4.78 is 0. The Balaban J connectivity index is 2.14. The van der Waals surface area contributed by atoms with Gasteiger partial charge in [-0.15, -0.1) is 0 Å². The molecule has 0 radical (unpaired) electrons. The average Bonchev–Trinajstić information content (AvgIpc) is 2.90. The summed E-state index contributed by atoms with van der Waals surface area (Å²) in [4.78, 5) is 14.0. The molecule has 4 nitrogen and oxygen atoms in total. The number of carbonyl (C=O) groups is 1. The maximum atomic E-state index is 12.5. The van der Waals surface area contributed by atoms with E-state index in [1.54, 1.807) is 18.2 Å². The Morgan fingerprint density at radius 1 is 1.24 bits per heavy atom. The monoisotopic (exact) mass is 331 g/mol. The lowest BCUT2D eigenvalue weighted by atomic mass is 10.00. The number of nitrogens with zero attached hydrogens (tertiary/aromatic N) is 1. The van der Waals surface area contributed by atoms with Crippen molar-refractivity contribution in [2.24, 2.45) is 0 Å². The molecular formula is C15H19Cl2NO3. The van der Waals surface area contributed by atoms with Gasteiger partial charge in [-0.05, 0) is 43.4 Å². The van der Waals surface area contributed by atoms with Crippen LogP contribution >= 0.6 is 23.2 Å². The molecule has 1 amide bonds. The molecule has 1 fully saturated rings. The van der Waals surface area contributed by atoms with Crippen LogP contribution in [0.3, 0.4) is 0 Å². The van der Waals surface area contributed by atoms with Crippen LogP contribution in [0.15, 0.2) is 18.2 Å². The van der Waals surface area contributed by atoms with Gasteiger partial charge >= 0.3 is 0 Å². The molecule has 0 aliphatic heterocycles. The summed E-state index contributed by atoms with van der Waals surface area (Å²) in [5, 5.41) is 20.5. The highest BCUT2D eigenvalue weighted by molar-refractivity contribution is 6.42. The SMILES string of the molecule is O=C(N(CCO)Cc1ccc(Cl)c(Cl)c1)C1(O)CCCC1. The molecule has 0 saturated heterocycles. The first-order valence-corrected chi connectivity index (χ1v) is 7.78. The molecule has 1 aliphatic carbocycles. The molecule has 1 aromatic carbocycles. The lowest BCUT2D eigenvalue weighted by Gasteiger charge is -2.30. The zero-order valence-electron chi connectivity index (χ0n) is 11.7. The molecule has 0 bridgehead atoms. The Labute approximate surface area is 134 Å². The van der Waals surface area contributed by atoms with Crippen LogP contribution in [0.1, 0.15) is 31.2 Å². The summed E-state index contributed by atoms with van der Waals surface area (Å²) in [6, 6.07) is 5.15. The Kier molecular flexibility index (Phi) is 5.49. The predicted octanol–water partition coefficient (Wildman–Crippen LogP) is 2.62. The fourth-order valence-electron chi connectivity index (χ4n) is 2.70. The van der Waals surface area contributed by atoms with Gasteiger partial charge in [0.2, 0.25) is 0 Å². The summed E-state index contributed by atoms with van der Waals surface area (Å²) in [6.07, 6.45) is 2.66. The minimum atomic E-state index is -1.29. The zero-order chi connectivity index (χ0) is 15.5. The number of amides is 1. The van der Waals surface area contributed by atoms with E-state index in [1.807, 2.05) is 0 Å². The van der Waals surface area contributed by atoms with Gasteiger partial charge in [-0.1, -0.05) is 29.3 Å². The van der Waals surface area contributed by atoms with Crippen LogP contribution in [0.2, 0.25) is 10.0 Å². The van der Waals surface area contributed by atoms with Gasteiger partial charge in [-0.2, -0.15) is 0 Å². The first kappa shape index (κ1) is 16.6. The van der Waals surface area contributed by atoms with Crippen LogP contribution in [0.5, 0.6) is 0 Å². The van der Waals surface area contributed by atoms with E-state index < -0.39 is 5.60 Å². The summed E-state index contributed by atoms with van der Waals surface area (Å²) in [6.45, 7) is 0.323. The average molecular weight is 332 g/mol. The topological polar surface area (TPSA) is 60.8 Å². The van der Waals surface area contributed by atoms with Gasteiger partial charge in [0.1, 0.15) is 5.60 Å². The second kappa shape index (κ2) is 6.97. The predicted molar refractivity (Wildman–Crippen MR) is 82.4 cm³/mol. The second-order valence-electron chi connectivity index (χ2n) is 5.44. The van der Waals surface area contributed by atoms with E-state index in [4.69, 9.17) is 28.3 Å². The molecule has 1 aliphatic rings. The lowest BCUT2D eigenvalue weighted by Crippen LogP contribution is -2.48. The second-order valence-corrected chi connectivity index (χ2v) is 6.25. The third-order valence-electron chi connectivity index (χ3n) is 3.84. The number of carbonyl (C=O) groups excluding carboxylic acids is 1. The lowest BCUT2D eigenvalue weighted by molar-refractivity contribution is -0.151. The molecule has 0 aromatic heterocycles. The van der Waals surface area contributed by atoms with E-state index >= 15 is 0 Å².